The molecular weight excluding hydrogens is 486 g/mol. The lowest BCUT2D eigenvalue weighted by atomic mass is 10.0. The molecule has 0 saturated carbocycles. The Morgan fingerprint density at radius 2 is 1.08 bits per heavy atom. The first-order chi connectivity index (χ1) is 17.0. The summed E-state index contributed by atoms with van der Waals surface area (Å²) in [4.78, 5) is 52.6. The van der Waals surface area contributed by atoms with E-state index in [-0.39, 0.29) is 33.7 Å². The van der Waals surface area contributed by atoms with Crippen LogP contribution in [-0.2, 0) is 0 Å². The Kier molecular flexibility index (Phi) is 5.49. The van der Waals surface area contributed by atoms with Crippen molar-refractivity contribution in [3.63, 3.8) is 0 Å². The summed E-state index contributed by atoms with van der Waals surface area (Å²) in [5, 5.41) is 60.8. The minimum Gasteiger partial charge on any atom is -0.271 e. The number of rotatable bonds is 7. The van der Waals surface area contributed by atoms with E-state index in [1.165, 1.54) is 6.07 Å². The molecule has 3 aromatic carbocycles. The number of anilines is 1. The first-order valence-electron chi connectivity index (χ1n) is 9.52. The van der Waals surface area contributed by atoms with Crippen LogP contribution in [-0.4, -0.2) is 30.3 Å². The van der Waals surface area contributed by atoms with E-state index in [2.05, 4.69) is 10.5 Å². The van der Waals surface area contributed by atoms with Crippen molar-refractivity contribution in [2.45, 2.75) is 0 Å². The van der Waals surface area contributed by atoms with Crippen LogP contribution in [0.4, 0.5) is 34.1 Å². The molecule has 4 rings (SSSR count). The van der Waals surface area contributed by atoms with E-state index in [1.54, 1.807) is 0 Å². The summed E-state index contributed by atoms with van der Waals surface area (Å²) in [5.41, 5.74) is -1.27. The van der Waals surface area contributed by atoms with Gasteiger partial charge in [0.05, 0.1) is 48.0 Å². The lowest BCUT2D eigenvalue weighted by molar-refractivity contribution is -0.394. The van der Waals surface area contributed by atoms with E-state index < -0.39 is 53.1 Å². The van der Waals surface area contributed by atoms with Crippen molar-refractivity contribution >= 4 is 39.8 Å². The van der Waals surface area contributed by atoms with Gasteiger partial charge in [-0.1, -0.05) is 0 Å². The first-order valence-corrected chi connectivity index (χ1v) is 9.52. The van der Waals surface area contributed by atoms with E-state index in [9.17, 15) is 50.6 Å². The van der Waals surface area contributed by atoms with Gasteiger partial charge < -0.3 is 0 Å². The minimum atomic E-state index is -0.910. The molecule has 0 atom stereocenters. The lowest BCUT2D eigenvalue weighted by Crippen LogP contribution is -2.06. The highest BCUT2D eigenvalue weighted by Gasteiger charge is 2.36. The Morgan fingerprint density at radius 3 is 1.67 bits per heavy atom. The van der Waals surface area contributed by atoms with Gasteiger partial charge in [0.15, 0.2) is 0 Å². The van der Waals surface area contributed by atoms with Gasteiger partial charge in [-0.3, -0.25) is 56.0 Å². The maximum atomic E-state index is 11.7. The fraction of sp³-hybridized carbons (Fsp3) is 0. The summed E-state index contributed by atoms with van der Waals surface area (Å²) in [5.74, 6) is 0. The van der Waals surface area contributed by atoms with Gasteiger partial charge in [-0.2, -0.15) is 5.10 Å². The normalized spacial score (nSPS) is 12.5. The molecule has 1 N–H and O–H groups in total. The second kappa shape index (κ2) is 8.48. The summed E-state index contributed by atoms with van der Waals surface area (Å²) < 4.78 is 0. The van der Waals surface area contributed by atoms with Crippen LogP contribution in [0, 0.1) is 50.6 Å². The minimum absolute atomic E-state index is 0.000127. The van der Waals surface area contributed by atoms with Crippen LogP contribution in [0.3, 0.4) is 0 Å². The summed E-state index contributed by atoms with van der Waals surface area (Å²) in [7, 11) is 0. The molecule has 0 aromatic heterocycles. The number of hydrazone groups is 1. The highest BCUT2D eigenvalue weighted by Crippen LogP contribution is 2.46. The third-order valence-electron chi connectivity index (χ3n) is 5.18. The van der Waals surface area contributed by atoms with Gasteiger partial charge >= 0.3 is 5.69 Å². The molecule has 0 aliphatic heterocycles. The van der Waals surface area contributed by atoms with Gasteiger partial charge in [0.2, 0.25) is 0 Å². The van der Waals surface area contributed by atoms with Crippen molar-refractivity contribution in [1.29, 1.82) is 0 Å². The van der Waals surface area contributed by atoms with Crippen LogP contribution in [0.15, 0.2) is 53.6 Å². The molecule has 1 aliphatic carbocycles. The zero-order valence-electron chi connectivity index (χ0n) is 17.4. The molecule has 0 unspecified atom stereocenters. The molecule has 0 saturated heterocycles. The second-order valence-corrected chi connectivity index (χ2v) is 7.18. The molecule has 36 heavy (non-hydrogen) atoms. The van der Waals surface area contributed by atoms with Crippen LogP contribution in [0.25, 0.3) is 11.1 Å². The summed E-state index contributed by atoms with van der Waals surface area (Å²) in [6.45, 7) is 0. The quantitative estimate of drug-likeness (QED) is 0.283. The molecule has 0 heterocycles. The second-order valence-electron chi connectivity index (χ2n) is 7.18. The predicted octanol–water partition coefficient (Wildman–Crippen LogP) is 4.07. The molecule has 1 aliphatic rings. The Hall–Kier alpha value is -5.87. The van der Waals surface area contributed by atoms with E-state index in [0.29, 0.717) is 6.07 Å². The third kappa shape index (κ3) is 3.87. The summed E-state index contributed by atoms with van der Waals surface area (Å²) in [6.07, 6.45) is 0. The number of nitro benzene ring substituents is 5. The molecular formula is C19H9N7O10. The number of hydrogen-bond donors (Lipinski definition) is 1. The Balaban J connectivity index is 1.96. The van der Waals surface area contributed by atoms with Gasteiger partial charge in [0, 0.05) is 35.4 Å². The number of hydrogen-bond acceptors (Lipinski definition) is 12. The van der Waals surface area contributed by atoms with Crippen LogP contribution in [0.5, 0.6) is 0 Å². The molecule has 0 amide bonds. The number of fused-ring (bicyclic) bond motifs is 3. The number of nitrogens with zero attached hydrogens (tertiary/aromatic N) is 6. The molecule has 180 valence electrons. The maximum Gasteiger partial charge on any atom is 0.301 e. The monoisotopic (exact) mass is 495 g/mol. The number of nitrogens with one attached hydrogen (secondary N) is 1. The smallest absolute Gasteiger partial charge is 0.271 e. The van der Waals surface area contributed by atoms with Crippen LogP contribution in [0.1, 0.15) is 11.1 Å². The number of benzene rings is 3. The highest BCUT2D eigenvalue weighted by atomic mass is 16.6. The largest absolute Gasteiger partial charge is 0.301 e. The molecule has 3 aromatic rings. The standard InChI is InChI=1S/C19H9N7O10/c27-22(28)9-1-3-12-13(5-9)19(14-6-11(24(31)32)8-17(18(12)14)26(35)36)21-20-15-4-2-10(23(29)30)7-16(15)25(33)34/h1-8,20H. The molecule has 0 spiro atoms. The Labute approximate surface area is 197 Å². The number of non-ortho nitro benzene ring substituents is 3. The Morgan fingerprint density at radius 1 is 0.556 bits per heavy atom. The van der Waals surface area contributed by atoms with Crippen LogP contribution in [0.2, 0.25) is 0 Å². The van der Waals surface area contributed by atoms with E-state index in [0.717, 1.165) is 36.4 Å². The van der Waals surface area contributed by atoms with E-state index in [1.807, 2.05) is 0 Å². The van der Waals surface area contributed by atoms with Gasteiger partial charge in [-0.05, 0) is 17.7 Å². The van der Waals surface area contributed by atoms with Gasteiger partial charge in [0.1, 0.15) is 5.69 Å². The zero-order chi connectivity index (χ0) is 26.3. The fourth-order valence-corrected chi connectivity index (χ4v) is 3.65. The van der Waals surface area contributed by atoms with Crippen molar-refractivity contribution in [2.24, 2.45) is 5.10 Å². The molecule has 17 nitrogen and oxygen atoms in total. The van der Waals surface area contributed by atoms with Gasteiger partial charge in [-0.25, -0.2) is 0 Å². The maximum absolute atomic E-state index is 11.7. The Bertz CT molecular complexity index is 1570. The fourth-order valence-electron chi connectivity index (χ4n) is 3.65. The van der Waals surface area contributed by atoms with Crippen molar-refractivity contribution in [1.82, 2.24) is 0 Å². The average molecular weight is 495 g/mol. The van der Waals surface area contributed by atoms with Crippen molar-refractivity contribution in [3.05, 3.63) is 110 Å². The molecule has 0 bridgehead atoms. The molecule has 0 fully saturated rings. The van der Waals surface area contributed by atoms with Crippen molar-refractivity contribution in [3.8, 4) is 11.1 Å². The van der Waals surface area contributed by atoms with E-state index in [4.69, 9.17) is 0 Å². The molecule has 0 radical (unpaired) electrons. The lowest BCUT2D eigenvalue weighted by Gasteiger charge is -2.06. The third-order valence-corrected chi connectivity index (χ3v) is 5.18. The highest BCUT2D eigenvalue weighted by molar-refractivity contribution is 6.26. The zero-order valence-corrected chi connectivity index (χ0v) is 17.4. The average Bonchev–Trinajstić information content (AvgIpc) is 3.14. The van der Waals surface area contributed by atoms with Crippen molar-refractivity contribution < 1.29 is 24.6 Å². The van der Waals surface area contributed by atoms with Crippen LogP contribution < -0.4 is 5.43 Å². The SMILES string of the molecule is O=[N+]([O-])c1ccc2c(c1)C(=NNc1ccc([N+](=O)[O-])cc1[N+](=O)[O-])c1cc([N+](=O)[O-])cc([N+](=O)[O-])c1-2. The van der Waals surface area contributed by atoms with Gasteiger partial charge in [0.25, 0.3) is 22.7 Å². The predicted molar refractivity (Wildman–Crippen MR) is 121 cm³/mol. The van der Waals surface area contributed by atoms with Gasteiger partial charge in [-0.15, -0.1) is 0 Å². The topological polar surface area (TPSA) is 240 Å². The van der Waals surface area contributed by atoms with Crippen molar-refractivity contribution in [2.75, 3.05) is 5.43 Å². The summed E-state index contributed by atoms with van der Waals surface area (Å²) in [6, 6.07) is 7.73. The first kappa shape index (κ1) is 23.3. The summed E-state index contributed by atoms with van der Waals surface area (Å²) >= 11 is 0. The van der Waals surface area contributed by atoms with Crippen LogP contribution >= 0.6 is 0 Å². The number of nitro groups is 5. The molecule has 17 heteroatoms. The van der Waals surface area contributed by atoms with E-state index >= 15 is 0 Å².